The number of thiophene rings is 1. The van der Waals surface area contributed by atoms with Gasteiger partial charge in [-0.15, -0.1) is 6.58 Å². The summed E-state index contributed by atoms with van der Waals surface area (Å²) in [5, 5.41) is 3.80. The molecule has 4 nitrogen and oxygen atoms in total. The molecular formula is C11H10N2O2S. The summed E-state index contributed by atoms with van der Waals surface area (Å²) >= 11 is 1.52. The Morgan fingerprint density at radius 1 is 1.50 bits per heavy atom. The van der Waals surface area contributed by atoms with Crippen molar-refractivity contribution in [2.45, 2.75) is 6.54 Å². The molecule has 0 fully saturated rings. The fourth-order valence-electron chi connectivity index (χ4n) is 1.48. The summed E-state index contributed by atoms with van der Waals surface area (Å²) in [6.07, 6.45) is 1.62. The lowest BCUT2D eigenvalue weighted by molar-refractivity contribution is 0.746. The van der Waals surface area contributed by atoms with Gasteiger partial charge in [-0.05, 0) is 11.4 Å². The normalized spacial score (nSPS) is 10.2. The van der Waals surface area contributed by atoms with Gasteiger partial charge in [-0.3, -0.25) is 14.3 Å². The number of aromatic nitrogens is 2. The highest BCUT2D eigenvalue weighted by Crippen LogP contribution is 2.19. The standard InChI is InChI=1S/C11H10N2O2S/c1-2-4-13-9(8-3-5-16-7-8)6-10(14)12-11(13)15/h2-3,5-7H,1,4H2,(H,12,14,15). The smallest absolute Gasteiger partial charge is 0.290 e. The van der Waals surface area contributed by atoms with Crippen LogP contribution < -0.4 is 11.2 Å². The topological polar surface area (TPSA) is 54.9 Å². The van der Waals surface area contributed by atoms with E-state index in [4.69, 9.17) is 0 Å². The van der Waals surface area contributed by atoms with Gasteiger partial charge < -0.3 is 0 Å². The monoisotopic (exact) mass is 234 g/mol. The largest absolute Gasteiger partial charge is 0.329 e. The van der Waals surface area contributed by atoms with E-state index in [1.165, 1.54) is 22.0 Å². The van der Waals surface area contributed by atoms with Gasteiger partial charge >= 0.3 is 5.69 Å². The summed E-state index contributed by atoms with van der Waals surface area (Å²) in [7, 11) is 0. The summed E-state index contributed by atoms with van der Waals surface area (Å²) in [5.74, 6) is 0. The van der Waals surface area contributed by atoms with Gasteiger partial charge in [-0.1, -0.05) is 6.08 Å². The quantitative estimate of drug-likeness (QED) is 0.817. The molecule has 2 aromatic rings. The van der Waals surface area contributed by atoms with Gasteiger partial charge in [0.2, 0.25) is 0 Å². The second-order valence-electron chi connectivity index (χ2n) is 3.24. The van der Waals surface area contributed by atoms with Crippen molar-refractivity contribution in [3.05, 3.63) is 56.4 Å². The first kappa shape index (κ1) is 10.6. The number of allylic oxidation sites excluding steroid dienone is 1. The maximum Gasteiger partial charge on any atom is 0.329 e. The molecule has 2 rings (SSSR count). The van der Waals surface area contributed by atoms with Crippen LogP contribution in [-0.2, 0) is 6.54 Å². The van der Waals surface area contributed by atoms with Gasteiger partial charge in [0.1, 0.15) is 0 Å². The van der Waals surface area contributed by atoms with Crippen LogP contribution in [0.3, 0.4) is 0 Å². The van der Waals surface area contributed by atoms with E-state index in [1.54, 1.807) is 6.08 Å². The molecule has 0 unspecified atom stereocenters. The minimum absolute atomic E-state index is 0.376. The number of H-pyrrole nitrogens is 1. The molecule has 0 bridgehead atoms. The van der Waals surface area contributed by atoms with Crippen LogP contribution in [0.2, 0.25) is 0 Å². The van der Waals surface area contributed by atoms with Crippen molar-refractivity contribution in [1.29, 1.82) is 0 Å². The zero-order valence-corrected chi connectivity index (χ0v) is 9.29. The third-order valence-electron chi connectivity index (χ3n) is 2.16. The molecule has 1 N–H and O–H groups in total. The Balaban J connectivity index is 2.72. The van der Waals surface area contributed by atoms with Crippen LogP contribution in [0.4, 0.5) is 0 Å². The van der Waals surface area contributed by atoms with Crippen molar-refractivity contribution in [2.24, 2.45) is 0 Å². The number of nitrogens with zero attached hydrogens (tertiary/aromatic N) is 1. The van der Waals surface area contributed by atoms with Crippen molar-refractivity contribution in [3.8, 4) is 11.3 Å². The molecule has 2 heterocycles. The van der Waals surface area contributed by atoms with E-state index < -0.39 is 5.69 Å². The lowest BCUT2D eigenvalue weighted by Gasteiger charge is -2.07. The summed E-state index contributed by atoms with van der Waals surface area (Å²) in [4.78, 5) is 25.1. The Morgan fingerprint density at radius 3 is 2.94 bits per heavy atom. The SMILES string of the molecule is C=CCn1c(-c2ccsc2)cc(=O)[nH]c1=O. The van der Waals surface area contributed by atoms with Crippen LogP contribution in [-0.4, -0.2) is 9.55 Å². The van der Waals surface area contributed by atoms with Gasteiger partial charge in [0.15, 0.2) is 0 Å². The lowest BCUT2D eigenvalue weighted by Crippen LogP contribution is -2.30. The number of hydrogen-bond donors (Lipinski definition) is 1. The van der Waals surface area contributed by atoms with Crippen molar-refractivity contribution in [3.63, 3.8) is 0 Å². The average molecular weight is 234 g/mol. The average Bonchev–Trinajstić information content (AvgIpc) is 2.75. The predicted molar refractivity (Wildman–Crippen MR) is 64.8 cm³/mol. The van der Waals surface area contributed by atoms with Gasteiger partial charge in [0.25, 0.3) is 5.56 Å². The second kappa shape index (κ2) is 4.32. The zero-order chi connectivity index (χ0) is 11.5. The van der Waals surface area contributed by atoms with Crippen LogP contribution in [0, 0.1) is 0 Å². The highest BCUT2D eigenvalue weighted by atomic mass is 32.1. The summed E-state index contributed by atoms with van der Waals surface area (Å²) in [6.45, 7) is 3.97. The van der Waals surface area contributed by atoms with Crippen molar-refractivity contribution < 1.29 is 0 Å². The van der Waals surface area contributed by atoms with Gasteiger partial charge in [0.05, 0.1) is 5.69 Å². The Kier molecular flexibility index (Phi) is 2.87. The Labute approximate surface area is 95.5 Å². The molecule has 0 saturated heterocycles. The first-order valence-electron chi connectivity index (χ1n) is 4.70. The maximum atomic E-state index is 11.6. The highest BCUT2D eigenvalue weighted by Gasteiger charge is 2.07. The zero-order valence-electron chi connectivity index (χ0n) is 8.47. The molecule has 16 heavy (non-hydrogen) atoms. The molecule has 82 valence electrons. The fraction of sp³-hybridized carbons (Fsp3) is 0.0909. The first-order valence-corrected chi connectivity index (χ1v) is 5.64. The molecule has 0 aromatic carbocycles. The molecule has 0 aliphatic carbocycles. The Hall–Kier alpha value is -1.88. The lowest BCUT2D eigenvalue weighted by atomic mass is 10.2. The van der Waals surface area contributed by atoms with E-state index in [2.05, 4.69) is 11.6 Å². The van der Waals surface area contributed by atoms with Gasteiger partial charge in [-0.25, -0.2) is 4.79 Å². The van der Waals surface area contributed by atoms with Gasteiger partial charge in [-0.2, -0.15) is 11.3 Å². The predicted octanol–water partition coefficient (Wildman–Crippen LogP) is 1.45. The summed E-state index contributed by atoms with van der Waals surface area (Å²) in [6, 6.07) is 3.30. The van der Waals surface area contributed by atoms with E-state index >= 15 is 0 Å². The highest BCUT2D eigenvalue weighted by molar-refractivity contribution is 7.08. The molecule has 2 aromatic heterocycles. The molecule has 0 spiro atoms. The fourth-order valence-corrected chi connectivity index (χ4v) is 2.13. The molecular weight excluding hydrogens is 224 g/mol. The van der Waals surface area contributed by atoms with E-state index in [-0.39, 0.29) is 5.56 Å². The number of hydrogen-bond acceptors (Lipinski definition) is 3. The molecule has 5 heteroatoms. The molecule has 0 aliphatic heterocycles. The molecule has 0 atom stereocenters. The Bertz CT molecular complexity index is 608. The van der Waals surface area contributed by atoms with E-state index in [1.807, 2.05) is 16.8 Å². The molecule has 0 amide bonds. The number of rotatable bonds is 3. The number of aromatic amines is 1. The second-order valence-corrected chi connectivity index (χ2v) is 4.02. The van der Waals surface area contributed by atoms with Crippen molar-refractivity contribution >= 4 is 11.3 Å². The van der Waals surface area contributed by atoms with Crippen LogP contribution >= 0.6 is 11.3 Å². The van der Waals surface area contributed by atoms with Crippen molar-refractivity contribution in [2.75, 3.05) is 0 Å². The van der Waals surface area contributed by atoms with Crippen LogP contribution in [0.5, 0.6) is 0 Å². The minimum atomic E-state index is -0.409. The van der Waals surface area contributed by atoms with E-state index in [0.29, 0.717) is 12.2 Å². The van der Waals surface area contributed by atoms with Crippen molar-refractivity contribution in [1.82, 2.24) is 9.55 Å². The minimum Gasteiger partial charge on any atom is -0.290 e. The molecule has 0 radical (unpaired) electrons. The number of nitrogens with one attached hydrogen (secondary N) is 1. The third kappa shape index (κ3) is 1.90. The maximum absolute atomic E-state index is 11.6. The summed E-state index contributed by atoms with van der Waals surface area (Å²) < 4.78 is 1.48. The summed E-state index contributed by atoms with van der Waals surface area (Å²) in [5.41, 5.74) is 0.699. The van der Waals surface area contributed by atoms with Crippen LogP contribution in [0.15, 0.2) is 45.1 Å². The molecule has 0 aliphatic rings. The van der Waals surface area contributed by atoms with Crippen LogP contribution in [0.1, 0.15) is 0 Å². The first-order chi connectivity index (χ1) is 7.72. The molecule has 0 saturated carbocycles. The van der Waals surface area contributed by atoms with E-state index in [9.17, 15) is 9.59 Å². The van der Waals surface area contributed by atoms with E-state index in [0.717, 1.165) is 5.56 Å². The third-order valence-corrected chi connectivity index (χ3v) is 2.85. The van der Waals surface area contributed by atoms with Gasteiger partial charge in [0, 0.05) is 23.6 Å². The van der Waals surface area contributed by atoms with Crippen LogP contribution in [0.25, 0.3) is 11.3 Å². The Morgan fingerprint density at radius 2 is 2.31 bits per heavy atom.